The maximum absolute atomic E-state index is 12.5. The third-order valence-corrected chi connectivity index (χ3v) is 5.64. The number of hydrogen-bond donors (Lipinski definition) is 1. The average molecular weight is 366 g/mol. The lowest BCUT2D eigenvalue weighted by atomic mass is 10.2. The van der Waals surface area contributed by atoms with Gasteiger partial charge in [0.05, 0.1) is 0 Å². The van der Waals surface area contributed by atoms with Crippen molar-refractivity contribution in [1.82, 2.24) is 20.0 Å². The molecule has 26 heavy (non-hydrogen) atoms. The first kappa shape index (κ1) is 19.4. The van der Waals surface area contributed by atoms with Crippen molar-refractivity contribution in [3.63, 3.8) is 0 Å². The van der Waals surface area contributed by atoms with Gasteiger partial charge in [-0.05, 0) is 39.5 Å². The second kappa shape index (κ2) is 9.04. The summed E-state index contributed by atoms with van der Waals surface area (Å²) in [6.07, 6.45) is 4.35. The number of nitrogens with zero attached hydrogens (tertiary/aromatic N) is 4. The van der Waals surface area contributed by atoms with E-state index in [4.69, 9.17) is 4.74 Å². The number of carbonyl (C=O) groups is 1. The van der Waals surface area contributed by atoms with E-state index in [9.17, 15) is 4.79 Å². The summed E-state index contributed by atoms with van der Waals surface area (Å²) in [5, 5.41) is 3.51. The molecule has 148 valence electrons. The van der Waals surface area contributed by atoms with Gasteiger partial charge in [0, 0.05) is 65.0 Å². The zero-order valence-electron chi connectivity index (χ0n) is 16.6. The molecule has 3 fully saturated rings. The lowest BCUT2D eigenvalue weighted by molar-refractivity contribution is -0.142. The van der Waals surface area contributed by atoms with E-state index in [1.165, 1.54) is 12.8 Å². The molecule has 1 N–H and O–H groups in total. The topological polar surface area (TPSA) is 60.4 Å². The maximum atomic E-state index is 12.5. The summed E-state index contributed by atoms with van der Waals surface area (Å²) in [6, 6.07) is 1.38. The molecule has 3 rings (SSSR count). The fourth-order valence-corrected chi connectivity index (χ4v) is 4.01. The molecular formula is C19H35N5O2. The van der Waals surface area contributed by atoms with Crippen LogP contribution in [0.1, 0.15) is 39.5 Å². The van der Waals surface area contributed by atoms with Crippen molar-refractivity contribution < 1.29 is 9.53 Å². The molecule has 0 aromatic heterocycles. The summed E-state index contributed by atoms with van der Waals surface area (Å²) in [6.45, 7) is 10.4. The van der Waals surface area contributed by atoms with Crippen LogP contribution in [0.5, 0.6) is 0 Å². The maximum Gasteiger partial charge on any atom is 0.251 e. The van der Waals surface area contributed by atoms with Crippen LogP contribution in [0, 0.1) is 0 Å². The van der Waals surface area contributed by atoms with Crippen LogP contribution in [0.3, 0.4) is 0 Å². The van der Waals surface area contributed by atoms with E-state index in [1.807, 2.05) is 11.9 Å². The Morgan fingerprint density at radius 3 is 2.42 bits per heavy atom. The van der Waals surface area contributed by atoms with Crippen LogP contribution in [0.25, 0.3) is 0 Å². The number of carbonyl (C=O) groups excluding carboxylic acids is 1. The van der Waals surface area contributed by atoms with Gasteiger partial charge in [-0.25, -0.2) is 0 Å². The van der Waals surface area contributed by atoms with Crippen LogP contribution in [0.4, 0.5) is 0 Å². The average Bonchev–Trinajstić information content (AvgIpc) is 3.33. The number of ether oxygens (including phenoxy) is 1. The van der Waals surface area contributed by atoms with Gasteiger partial charge in [-0.1, -0.05) is 0 Å². The second-order valence-corrected chi connectivity index (χ2v) is 7.85. The minimum atomic E-state index is -0.205. The first-order valence-corrected chi connectivity index (χ1v) is 10.2. The highest BCUT2D eigenvalue weighted by Crippen LogP contribution is 2.27. The summed E-state index contributed by atoms with van der Waals surface area (Å²) in [7, 11) is 1.84. The Morgan fingerprint density at radius 2 is 1.88 bits per heavy atom. The molecule has 1 saturated carbocycles. The van der Waals surface area contributed by atoms with E-state index in [0.717, 1.165) is 70.7 Å². The first-order valence-electron chi connectivity index (χ1n) is 10.2. The summed E-state index contributed by atoms with van der Waals surface area (Å²) >= 11 is 0. The van der Waals surface area contributed by atoms with Crippen LogP contribution in [-0.2, 0) is 9.53 Å². The Morgan fingerprint density at radius 1 is 1.19 bits per heavy atom. The number of nitrogens with one attached hydrogen (secondary N) is 1. The van der Waals surface area contributed by atoms with Crippen molar-refractivity contribution in [2.45, 2.75) is 57.7 Å². The summed E-state index contributed by atoms with van der Waals surface area (Å²) < 4.78 is 5.54. The standard InChI is InChI=1S/C19H35N5O2/c1-15(2)24(16-6-7-16)9-8-21-19(20-3)23-12-10-22(11-13-23)18(25)17-5-4-14-26-17/h15-17H,4-14H2,1-3H3,(H,20,21). The molecule has 0 aromatic rings. The molecule has 2 heterocycles. The van der Waals surface area contributed by atoms with Crippen LogP contribution >= 0.6 is 0 Å². The summed E-state index contributed by atoms with van der Waals surface area (Å²) in [4.78, 5) is 23.7. The van der Waals surface area contributed by atoms with Crippen LogP contribution in [-0.4, -0.2) is 97.7 Å². The number of piperazine rings is 1. The number of aliphatic imine (C=N–C) groups is 1. The van der Waals surface area contributed by atoms with Crippen molar-refractivity contribution in [2.75, 3.05) is 52.9 Å². The van der Waals surface area contributed by atoms with Crippen molar-refractivity contribution in [3.05, 3.63) is 0 Å². The molecule has 2 saturated heterocycles. The third-order valence-electron chi connectivity index (χ3n) is 5.64. The van der Waals surface area contributed by atoms with Gasteiger partial charge in [-0.3, -0.25) is 14.7 Å². The molecule has 3 aliphatic rings. The van der Waals surface area contributed by atoms with Gasteiger partial charge in [0.2, 0.25) is 0 Å². The predicted molar refractivity (Wildman–Crippen MR) is 103 cm³/mol. The number of hydrogen-bond acceptors (Lipinski definition) is 4. The molecule has 0 radical (unpaired) electrons. The van der Waals surface area contributed by atoms with E-state index >= 15 is 0 Å². The first-order chi connectivity index (χ1) is 12.6. The highest BCUT2D eigenvalue weighted by molar-refractivity contribution is 5.82. The number of rotatable bonds is 6. The van der Waals surface area contributed by atoms with Gasteiger partial charge in [-0.2, -0.15) is 0 Å². The Hall–Kier alpha value is -1.34. The van der Waals surface area contributed by atoms with Gasteiger partial charge in [0.1, 0.15) is 6.10 Å². The van der Waals surface area contributed by atoms with Crippen LogP contribution < -0.4 is 5.32 Å². The fraction of sp³-hybridized carbons (Fsp3) is 0.895. The van der Waals surface area contributed by atoms with E-state index in [0.29, 0.717) is 6.04 Å². The summed E-state index contributed by atoms with van der Waals surface area (Å²) in [5.74, 6) is 1.12. The highest BCUT2D eigenvalue weighted by Gasteiger charge is 2.32. The molecule has 0 aromatic carbocycles. The minimum Gasteiger partial charge on any atom is -0.368 e. The Bertz CT molecular complexity index is 490. The molecule has 1 atom stereocenters. The highest BCUT2D eigenvalue weighted by atomic mass is 16.5. The van der Waals surface area contributed by atoms with Crippen molar-refractivity contribution in [3.8, 4) is 0 Å². The normalized spacial score (nSPS) is 24.7. The van der Waals surface area contributed by atoms with E-state index in [1.54, 1.807) is 0 Å². The predicted octanol–water partition coefficient (Wildman–Crippen LogP) is 0.758. The molecule has 1 unspecified atom stereocenters. The van der Waals surface area contributed by atoms with Gasteiger partial charge in [-0.15, -0.1) is 0 Å². The fourth-order valence-electron chi connectivity index (χ4n) is 4.01. The largest absolute Gasteiger partial charge is 0.368 e. The molecule has 2 aliphatic heterocycles. The Labute approximate surface area is 157 Å². The number of amides is 1. The SMILES string of the molecule is CN=C(NCCN(C(C)C)C1CC1)N1CCN(C(=O)C2CCCO2)CC1. The zero-order valence-corrected chi connectivity index (χ0v) is 16.6. The van der Waals surface area contributed by atoms with E-state index in [2.05, 4.69) is 34.0 Å². The molecule has 0 spiro atoms. The summed E-state index contributed by atoms with van der Waals surface area (Å²) in [5.41, 5.74) is 0. The lowest BCUT2D eigenvalue weighted by Crippen LogP contribution is -2.55. The van der Waals surface area contributed by atoms with Crippen molar-refractivity contribution in [2.24, 2.45) is 4.99 Å². The lowest BCUT2D eigenvalue weighted by Gasteiger charge is -2.37. The van der Waals surface area contributed by atoms with Crippen LogP contribution in [0.2, 0.25) is 0 Å². The zero-order chi connectivity index (χ0) is 18.5. The smallest absolute Gasteiger partial charge is 0.251 e. The van der Waals surface area contributed by atoms with Gasteiger partial charge in [0.25, 0.3) is 5.91 Å². The van der Waals surface area contributed by atoms with Gasteiger partial charge < -0.3 is 19.9 Å². The molecule has 1 amide bonds. The quantitative estimate of drug-likeness (QED) is 0.556. The molecule has 7 heteroatoms. The molecule has 7 nitrogen and oxygen atoms in total. The van der Waals surface area contributed by atoms with Gasteiger partial charge >= 0.3 is 0 Å². The van der Waals surface area contributed by atoms with E-state index in [-0.39, 0.29) is 12.0 Å². The Balaban J connectivity index is 1.41. The Kier molecular flexibility index (Phi) is 6.75. The number of guanidine groups is 1. The molecule has 1 aliphatic carbocycles. The third kappa shape index (κ3) is 4.88. The van der Waals surface area contributed by atoms with Crippen molar-refractivity contribution >= 4 is 11.9 Å². The van der Waals surface area contributed by atoms with E-state index < -0.39 is 0 Å². The van der Waals surface area contributed by atoms with Crippen molar-refractivity contribution in [1.29, 1.82) is 0 Å². The molecule has 0 bridgehead atoms. The minimum absolute atomic E-state index is 0.169. The van der Waals surface area contributed by atoms with Crippen LogP contribution in [0.15, 0.2) is 4.99 Å². The molecular weight excluding hydrogens is 330 g/mol. The van der Waals surface area contributed by atoms with Gasteiger partial charge in [0.15, 0.2) is 5.96 Å². The monoisotopic (exact) mass is 365 g/mol. The second-order valence-electron chi connectivity index (χ2n) is 7.85.